The van der Waals surface area contributed by atoms with E-state index in [1.165, 1.54) is 6.20 Å². The van der Waals surface area contributed by atoms with Gasteiger partial charge in [0.05, 0.1) is 37.0 Å². The van der Waals surface area contributed by atoms with Crippen molar-refractivity contribution in [3.8, 4) is 11.5 Å². The second-order valence-corrected chi connectivity index (χ2v) is 7.95. The highest BCUT2D eigenvalue weighted by atomic mass is 16.5. The van der Waals surface area contributed by atoms with Gasteiger partial charge < -0.3 is 24.7 Å². The van der Waals surface area contributed by atoms with Crippen molar-refractivity contribution >= 4 is 22.7 Å². The van der Waals surface area contributed by atoms with Gasteiger partial charge in [0.25, 0.3) is 11.8 Å². The van der Waals surface area contributed by atoms with Gasteiger partial charge in [0.2, 0.25) is 0 Å². The molecule has 0 saturated carbocycles. The number of hydrogen-bond donors (Lipinski definition) is 1. The minimum Gasteiger partial charge on any atom is -0.497 e. The Kier molecular flexibility index (Phi) is 5.73. The summed E-state index contributed by atoms with van der Waals surface area (Å²) in [6.45, 7) is 2.33. The number of rotatable bonds is 5. The third-order valence-electron chi connectivity index (χ3n) is 6.10. The van der Waals surface area contributed by atoms with Gasteiger partial charge in [-0.1, -0.05) is 0 Å². The molecule has 1 saturated heterocycles. The highest BCUT2D eigenvalue weighted by Crippen LogP contribution is 2.35. The number of aryl methyl sites for hydroxylation is 2. The molecular weight excluding hydrogens is 410 g/mol. The standard InChI is InChI=1S/C23H27N5O4/c1-13-16(21(24)29)12-25-22(26-13)17-7-5-6-8-28(17)23(30)19-11-15-18(27(19)2)9-14(31-3)10-20(15)32-4/h9-12,17H,5-8H2,1-4H3,(H2,24,29). The normalized spacial score (nSPS) is 16.2. The maximum atomic E-state index is 13.7. The van der Waals surface area contributed by atoms with Crippen molar-refractivity contribution in [3.05, 3.63) is 47.2 Å². The number of carbonyl (C=O) groups is 2. The molecule has 0 aliphatic carbocycles. The summed E-state index contributed by atoms with van der Waals surface area (Å²) in [4.78, 5) is 35.9. The predicted octanol–water partition coefficient (Wildman–Crippen LogP) is 2.76. The monoisotopic (exact) mass is 437 g/mol. The van der Waals surface area contributed by atoms with Gasteiger partial charge in [0.15, 0.2) is 5.82 Å². The summed E-state index contributed by atoms with van der Waals surface area (Å²) in [5.41, 5.74) is 7.58. The molecule has 2 aromatic heterocycles. The lowest BCUT2D eigenvalue weighted by Gasteiger charge is -2.35. The number of aromatic nitrogens is 3. The third kappa shape index (κ3) is 3.63. The van der Waals surface area contributed by atoms with Crippen LogP contribution in [-0.4, -0.2) is 52.0 Å². The first-order chi connectivity index (χ1) is 15.3. The van der Waals surface area contributed by atoms with Crippen LogP contribution in [0.4, 0.5) is 0 Å². The average Bonchev–Trinajstić information content (AvgIpc) is 3.14. The maximum absolute atomic E-state index is 13.7. The molecule has 1 atom stereocenters. The van der Waals surface area contributed by atoms with Crippen LogP contribution in [0.1, 0.15) is 57.7 Å². The second-order valence-electron chi connectivity index (χ2n) is 7.95. The Labute approximate surface area is 186 Å². The Bertz CT molecular complexity index is 1200. The van der Waals surface area contributed by atoms with E-state index in [0.29, 0.717) is 35.3 Å². The number of ether oxygens (including phenoxy) is 2. The van der Waals surface area contributed by atoms with Crippen LogP contribution in [0.2, 0.25) is 0 Å². The number of nitrogens with two attached hydrogens (primary N) is 1. The molecule has 3 aromatic rings. The highest BCUT2D eigenvalue weighted by molar-refractivity contribution is 6.01. The van der Waals surface area contributed by atoms with Gasteiger partial charge >= 0.3 is 0 Å². The van der Waals surface area contributed by atoms with Crippen molar-refractivity contribution in [1.29, 1.82) is 0 Å². The first-order valence-electron chi connectivity index (χ1n) is 10.5. The van der Waals surface area contributed by atoms with E-state index in [9.17, 15) is 9.59 Å². The van der Waals surface area contributed by atoms with E-state index in [0.717, 1.165) is 30.2 Å². The molecule has 32 heavy (non-hydrogen) atoms. The first-order valence-corrected chi connectivity index (χ1v) is 10.5. The van der Waals surface area contributed by atoms with E-state index in [1.54, 1.807) is 27.2 Å². The molecule has 0 spiro atoms. The van der Waals surface area contributed by atoms with E-state index >= 15 is 0 Å². The number of fused-ring (bicyclic) bond motifs is 1. The number of likely N-dealkylation sites (tertiary alicyclic amines) is 1. The van der Waals surface area contributed by atoms with Crippen LogP contribution in [0.15, 0.2) is 24.4 Å². The summed E-state index contributed by atoms with van der Waals surface area (Å²) in [5, 5.41) is 0.839. The molecule has 0 radical (unpaired) electrons. The van der Waals surface area contributed by atoms with Gasteiger partial charge in [-0.3, -0.25) is 9.59 Å². The first kappa shape index (κ1) is 21.6. The summed E-state index contributed by atoms with van der Waals surface area (Å²) >= 11 is 0. The molecule has 4 rings (SSSR count). The minimum absolute atomic E-state index is 0.102. The van der Waals surface area contributed by atoms with Gasteiger partial charge in [0, 0.05) is 37.3 Å². The van der Waals surface area contributed by atoms with Crippen molar-refractivity contribution in [2.24, 2.45) is 12.8 Å². The number of primary amides is 1. The van der Waals surface area contributed by atoms with Crippen LogP contribution >= 0.6 is 0 Å². The van der Waals surface area contributed by atoms with Gasteiger partial charge in [-0.25, -0.2) is 9.97 Å². The van der Waals surface area contributed by atoms with Crippen LogP contribution < -0.4 is 15.2 Å². The minimum atomic E-state index is -0.564. The fourth-order valence-electron chi connectivity index (χ4n) is 4.34. The molecule has 1 unspecified atom stereocenters. The summed E-state index contributed by atoms with van der Waals surface area (Å²) in [6.07, 6.45) is 4.07. The van der Waals surface area contributed by atoms with Crippen LogP contribution in [0.25, 0.3) is 10.9 Å². The van der Waals surface area contributed by atoms with Crippen LogP contribution in [0, 0.1) is 6.92 Å². The van der Waals surface area contributed by atoms with E-state index in [4.69, 9.17) is 15.2 Å². The van der Waals surface area contributed by atoms with Crippen LogP contribution in [0.5, 0.6) is 11.5 Å². The van der Waals surface area contributed by atoms with Crippen molar-refractivity contribution in [3.63, 3.8) is 0 Å². The average molecular weight is 438 g/mol. The quantitative estimate of drug-likeness (QED) is 0.657. The maximum Gasteiger partial charge on any atom is 0.271 e. The SMILES string of the molecule is COc1cc(OC)c2cc(C(=O)N3CCCCC3c3ncc(C(N)=O)c(C)n3)n(C)c2c1. The predicted molar refractivity (Wildman–Crippen MR) is 119 cm³/mol. The second kappa shape index (κ2) is 8.49. The Morgan fingerprint density at radius 1 is 1.16 bits per heavy atom. The zero-order chi connectivity index (χ0) is 23.0. The van der Waals surface area contributed by atoms with Gasteiger partial charge in [0.1, 0.15) is 17.2 Å². The van der Waals surface area contributed by atoms with Gasteiger partial charge in [-0.05, 0) is 32.3 Å². The molecule has 1 aromatic carbocycles. The smallest absolute Gasteiger partial charge is 0.271 e. The summed E-state index contributed by atoms with van der Waals surface area (Å²) in [5.74, 6) is 1.16. The Balaban J connectivity index is 1.74. The number of carbonyl (C=O) groups excluding carboxylic acids is 2. The number of hydrogen-bond acceptors (Lipinski definition) is 6. The molecule has 9 nitrogen and oxygen atoms in total. The number of nitrogens with zero attached hydrogens (tertiary/aromatic N) is 4. The van der Waals surface area contributed by atoms with E-state index in [1.807, 2.05) is 28.6 Å². The Morgan fingerprint density at radius 3 is 2.59 bits per heavy atom. The topological polar surface area (TPSA) is 113 Å². The van der Waals surface area contributed by atoms with Gasteiger partial charge in [-0.2, -0.15) is 0 Å². The van der Waals surface area contributed by atoms with Crippen LogP contribution in [0.3, 0.4) is 0 Å². The molecule has 168 valence electrons. The largest absolute Gasteiger partial charge is 0.497 e. The molecule has 2 amide bonds. The number of piperidine rings is 1. The summed E-state index contributed by atoms with van der Waals surface area (Å²) in [7, 11) is 5.05. The lowest BCUT2D eigenvalue weighted by atomic mass is 10.0. The fourth-order valence-corrected chi connectivity index (χ4v) is 4.34. The van der Waals surface area contributed by atoms with Gasteiger partial charge in [-0.15, -0.1) is 0 Å². The summed E-state index contributed by atoms with van der Waals surface area (Å²) < 4.78 is 12.8. The zero-order valence-electron chi connectivity index (χ0n) is 18.7. The van der Waals surface area contributed by atoms with E-state index < -0.39 is 5.91 Å². The molecule has 2 N–H and O–H groups in total. The molecule has 1 aliphatic rings. The number of amides is 2. The molecule has 9 heteroatoms. The molecule has 1 aliphatic heterocycles. The lowest BCUT2D eigenvalue weighted by Crippen LogP contribution is -2.40. The molecule has 1 fully saturated rings. The van der Waals surface area contributed by atoms with Crippen molar-refractivity contribution in [2.45, 2.75) is 32.2 Å². The van der Waals surface area contributed by atoms with Crippen LogP contribution in [-0.2, 0) is 7.05 Å². The Morgan fingerprint density at radius 2 is 1.94 bits per heavy atom. The van der Waals surface area contributed by atoms with E-state index in [2.05, 4.69) is 9.97 Å². The molecular formula is C23H27N5O4. The third-order valence-corrected chi connectivity index (χ3v) is 6.10. The summed E-state index contributed by atoms with van der Waals surface area (Å²) in [6, 6.07) is 5.27. The van der Waals surface area contributed by atoms with Crippen molar-refractivity contribution < 1.29 is 19.1 Å². The fraction of sp³-hybridized carbons (Fsp3) is 0.391. The zero-order valence-corrected chi connectivity index (χ0v) is 18.7. The highest BCUT2D eigenvalue weighted by Gasteiger charge is 2.32. The molecule has 0 bridgehead atoms. The van der Waals surface area contributed by atoms with Crippen molar-refractivity contribution in [1.82, 2.24) is 19.4 Å². The Hall–Kier alpha value is -3.62. The molecule has 3 heterocycles. The number of benzene rings is 1. The lowest BCUT2D eigenvalue weighted by molar-refractivity contribution is 0.0589. The number of methoxy groups -OCH3 is 2. The van der Waals surface area contributed by atoms with E-state index in [-0.39, 0.29) is 17.5 Å². The van der Waals surface area contributed by atoms with Crippen molar-refractivity contribution in [2.75, 3.05) is 20.8 Å².